The molecule has 2 N–H and O–H groups in total. The van der Waals surface area contributed by atoms with E-state index in [1.807, 2.05) is 24.3 Å². The molecule has 0 atom stereocenters. The zero-order valence-corrected chi connectivity index (χ0v) is 19.9. The number of pyridine rings is 1. The molecule has 1 aromatic heterocycles. The van der Waals surface area contributed by atoms with Gasteiger partial charge in [0, 0.05) is 47.3 Å². The normalized spacial score (nSPS) is 13.7. The SMILES string of the molecule is O=C(O)c1ccc(N2CCN(c3ccc(C(=O)Nc4ccc(Cl)c(I)c4)cn3)CC2)cc1. The van der Waals surface area contributed by atoms with Gasteiger partial charge in [0.2, 0.25) is 0 Å². The Morgan fingerprint density at radius 3 is 2.19 bits per heavy atom. The molecule has 1 fully saturated rings. The fourth-order valence-corrected chi connectivity index (χ4v) is 4.13. The lowest BCUT2D eigenvalue weighted by atomic mass is 10.2. The number of carboxylic acid groups (broad SMARTS) is 1. The number of aromatic nitrogens is 1. The second-order valence-corrected chi connectivity index (χ2v) is 8.88. The van der Waals surface area contributed by atoms with Crippen molar-refractivity contribution in [2.45, 2.75) is 0 Å². The van der Waals surface area contributed by atoms with Gasteiger partial charge in [-0.05, 0) is 77.2 Å². The number of carbonyl (C=O) groups is 2. The highest BCUT2D eigenvalue weighted by atomic mass is 127. The number of rotatable bonds is 5. The van der Waals surface area contributed by atoms with Crippen LogP contribution in [0.5, 0.6) is 0 Å². The van der Waals surface area contributed by atoms with Gasteiger partial charge in [0.1, 0.15) is 5.82 Å². The van der Waals surface area contributed by atoms with Crippen LogP contribution in [-0.4, -0.2) is 48.1 Å². The summed E-state index contributed by atoms with van der Waals surface area (Å²) in [5, 5.41) is 12.5. The van der Waals surface area contributed by atoms with Crippen LogP contribution in [0.3, 0.4) is 0 Å². The average molecular weight is 563 g/mol. The van der Waals surface area contributed by atoms with E-state index in [1.54, 1.807) is 36.5 Å². The molecule has 1 aliphatic rings. The Balaban J connectivity index is 1.34. The molecule has 0 saturated carbocycles. The minimum atomic E-state index is -0.924. The van der Waals surface area contributed by atoms with Crippen LogP contribution in [0.1, 0.15) is 20.7 Å². The monoisotopic (exact) mass is 562 g/mol. The molecule has 1 saturated heterocycles. The van der Waals surface area contributed by atoms with Gasteiger partial charge in [-0.3, -0.25) is 4.79 Å². The lowest BCUT2D eigenvalue weighted by Crippen LogP contribution is -2.46. The number of halogens is 2. The summed E-state index contributed by atoms with van der Waals surface area (Å²) in [5.74, 6) is -0.326. The lowest BCUT2D eigenvalue weighted by Gasteiger charge is -2.36. The van der Waals surface area contributed by atoms with E-state index in [2.05, 4.69) is 42.7 Å². The topological polar surface area (TPSA) is 85.8 Å². The van der Waals surface area contributed by atoms with E-state index < -0.39 is 5.97 Å². The quantitative estimate of drug-likeness (QED) is 0.442. The van der Waals surface area contributed by atoms with E-state index in [1.165, 1.54) is 0 Å². The Morgan fingerprint density at radius 1 is 0.938 bits per heavy atom. The standard InChI is InChI=1S/C23H20ClIN4O3/c24-19-7-4-17(13-20(19)25)27-22(30)16-3-8-21(26-14-16)29-11-9-28(10-12-29)18-5-1-15(2-6-18)23(31)32/h1-8,13-14H,9-12H2,(H,27,30)(H,31,32). The van der Waals surface area contributed by atoms with Gasteiger partial charge in [0.15, 0.2) is 0 Å². The van der Waals surface area contributed by atoms with Crippen LogP contribution in [0.4, 0.5) is 17.2 Å². The zero-order valence-electron chi connectivity index (χ0n) is 17.0. The molecule has 9 heteroatoms. The van der Waals surface area contributed by atoms with Crippen molar-refractivity contribution in [1.29, 1.82) is 0 Å². The van der Waals surface area contributed by atoms with Gasteiger partial charge in [-0.15, -0.1) is 0 Å². The number of anilines is 3. The first-order chi connectivity index (χ1) is 15.4. The lowest BCUT2D eigenvalue weighted by molar-refractivity contribution is 0.0696. The van der Waals surface area contributed by atoms with Crippen molar-refractivity contribution in [2.75, 3.05) is 41.3 Å². The van der Waals surface area contributed by atoms with E-state index in [-0.39, 0.29) is 11.5 Å². The molecule has 0 bridgehead atoms. The summed E-state index contributed by atoms with van der Waals surface area (Å²) < 4.78 is 0.868. The molecule has 2 heterocycles. The van der Waals surface area contributed by atoms with Crippen LogP contribution < -0.4 is 15.1 Å². The third kappa shape index (κ3) is 5.13. The molecule has 0 aliphatic carbocycles. The molecule has 1 amide bonds. The van der Waals surface area contributed by atoms with Gasteiger partial charge in [0.05, 0.1) is 16.1 Å². The van der Waals surface area contributed by atoms with Crippen molar-refractivity contribution >= 4 is 63.3 Å². The van der Waals surface area contributed by atoms with E-state index >= 15 is 0 Å². The number of hydrogen-bond donors (Lipinski definition) is 2. The number of carboxylic acids is 1. The first-order valence-electron chi connectivity index (χ1n) is 9.96. The minimum Gasteiger partial charge on any atom is -0.478 e. The molecule has 1 aliphatic heterocycles. The first kappa shape index (κ1) is 22.3. The molecule has 7 nitrogen and oxygen atoms in total. The first-order valence-corrected chi connectivity index (χ1v) is 11.4. The Bertz CT molecular complexity index is 1130. The molecule has 0 spiro atoms. The summed E-state index contributed by atoms with van der Waals surface area (Å²) in [6.07, 6.45) is 1.59. The second-order valence-electron chi connectivity index (χ2n) is 7.31. The summed E-state index contributed by atoms with van der Waals surface area (Å²) in [5.41, 5.74) is 2.45. The van der Waals surface area contributed by atoms with Gasteiger partial charge >= 0.3 is 5.97 Å². The van der Waals surface area contributed by atoms with Gasteiger partial charge in [-0.1, -0.05) is 11.6 Å². The number of nitrogens with zero attached hydrogens (tertiary/aromatic N) is 3. The summed E-state index contributed by atoms with van der Waals surface area (Å²) in [6.45, 7) is 3.15. The van der Waals surface area contributed by atoms with Crippen molar-refractivity contribution in [3.63, 3.8) is 0 Å². The van der Waals surface area contributed by atoms with Crippen LogP contribution >= 0.6 is 34.2 Å². The zero-order chi connectivity index (χ0) is 22.7. The molecule has 3 aromatic rings. The number of aromatic carboxylic acids is 1. The third-order valence-electron chi connectivity index (χ3n) is 5.27. The summed E-state index contributed by atoms with van der Waals surface area (Å²) in [7, 11) is 0. The highest BCUT2D eigenvalue weighted by Gasteiger charge is 2.19. The molecular formula is C23H20ClIN4O3. The molecular weight excluding hydrogens is 543 g/mol. The largest absolute Gasteiger partial charge is 0.478 e. The van der Waals surface area contributed by atoms with Crippen LogP contribution in [0, 0.1) is 3.57 Å². The van der Waals surface area contributed by atoms with E-state index in [0.29, 0.717) is 16.3 Å². The molecule has 4 rings (SSSR count). The number of carbonyl (C=O) groups excluding carboxylic acids is 1. The predicted molar refractivity (Wildman–Crippen MR) is 134 cm³/mol. The fraction of sp³-hybridized carbons (Fsp3) is 0.174. The number of piperazine rings is 1. The third-order valence-corrected chi connectivity index (χ3v) is 6.81. The van der Waals surface area contributed by atoms with Crippen LogP contribution in [0.2, 0.25) is 5.02 Å². The van der Waals surface area contributed by atoms with Gasteiger partial charge in [0.25, 0.3) is 5.91 Å². The van der Waals surface area contributed by atoms with Crippen molar-refractivity contribution in [1.82, 2.24) is 4.98 Å². The van der Waals surface area contributed by atoms with E-state index in [9.17, 15) is 9.59 Å². The van der Waals surface area contributed by atoms with Crippen LogP contribution in [0.25, 0.3) is 0 Å². The van der Waals surface area contributed by atoms with Crippen LogP contribution in [-0.2, 0) is 0 Å². The Hall–Kier alpha value is -2.85. The van der Waals surface area contributed by atoms with Gasteiger partial charge in [-0.2, -0.15) is 0 Å². The van der Waals surface area contributed by atoms with E-state index in [0.717, 1.165) is 41.3 Å². The Kier molecular flexibility index (Phi) is 6.80. The Morgan fingerprint density at radius 2 is 1.59 bits per heavy atom. The highest BCUT2D eigenvalue weighted by molar-refractivity contribution is 14.1. The van der Waals surface area contributed by atoms with Crippen molar-refractivity contribution in [3.05, 3.63) is 80.5 Å². The molecule has 164 valence electrons. The van der Waals surface area contributed by atoms with Gasteiger partial charge in [-0.25, -0.2) is 9.78 Å². The molecule has 2 aromatic carbocycles. The fourth-order valence-electron chi connectivity index (χ4n) is 3.49. The number of amides is 1. The van der Waals surface area contributed by atoms with E-state index in [4.69, 9.17) is 16.7 Å². The maximum atomic E-state index is 12.5. The van der Waals surface area contributed by atoms with Crippen LogP contribution in [0.15, 0.2) is 60.8 Å². The molecule has 0 radical (unpaired) electrons. The maximum Gasteiger partial charge on any atom is 0.335 e. The van der Waals surface area contributed by atoms with Crippen molar-refractivity contribution in [2.24, 2.45) is 0 Å². The molecule has 0 unspecified atom stereocenters. The minimum absolute atomic E-state index is 0.225. The summed E-state index contributed by atoms with van der Waals surface area (Å²) in [6, 6.07) is 15.9. The van der Waals surface area contributed by atoms with Gasteiger partial charge < -0.3 is 20.2 Å². The summed E-state index contributed by atoms with van der Waals surface area (Å²) in [4.78, 5) is 32.4. The van der Waals surface area contributed by atoms with Crippen molar-refractivity contribution < 1.29 is 14.7 Å². The smallest absolute Gasteiger partial charge is 0.335 e. The number of hydrogen-bond acceptors (Lipinski definition) is 5. The highest BCUT2D eigenvalue weighted by Crippen LogP contribution is 2.23. The second kappa shape index (κ2) is 9.74. The van der Waals surface area contributed by atoms with Crippen molar-refractivity contribution in [3.8, 4) is 0 Å². The average Bonchev–Trinajstić information content (AvgIpc) is 2.82. The predicted octanol–water partition coefficient (Wildman–Crippen LogP) is 4.62. The Labute approximate surface area is 204 Å². The summed E-state index contributed by atoms with van der Waals surface area (Å²) >= 11 is 8.15. The molecule has 32 heavy (non-hydrogen) atoms. The maximum absolute atomic E-state index is 12.5. The number of benzene rings is 2. The number of nitrogens with one attached hydrogen (secondary N) is 1.